The molecule has 0 aromatic heterocycles. The summed E-state index contributed by atoms with van der Waals surface area (Å²) >= 11 is 7.39. The Labute approximate surface area is 76.4 Å². The number of hydrogen-bond acceptors (Lipinski definition) is 1. The van der Waals surface area contributed by atoms with Crippen molar-refractivity contribution in [2.24, 2.45) is 0 Å². The first-order chi connectivity index (χ1) is 1.73. The second kappa shape index (κ2) is 7.12. The summed E-state index contributed by atoms with van der Waals surface area (Å²) in [5.41, 5.74) is 0. The fourth-order valence-electron chi connectivity index (χ4n) is 0. The van der Waals surface area contributed by atoms with Gasteiger partial charge in [-0.3, -0.25) is 0 Å². The fraction of sp³-hybridized carbons (Fsp3) is 0. The van der Waals surface area contributed by atoms with E-state index in [0.717, 1.165) is 0 Å². The van der Waals surface area contributed by atoms with E-state index in [-0.39, 0.29) is 18.4 Å². The molecule has 0 saturated carbocycles. The summed E-state index contributed by atoms with van der Waals surface area (Å²) in [5, 5.41) is 0. The first kappa shape index (κ1) is 11.0. The normalized spacial score (nSPS) is 7.20. The standard InChI is InChI=1S/3HI.H2S.V/h3*1H;1H2;/q;;;;+3/p-4. The molecule has 0 N–H and O–H groups in total. The molecule has 0 aliphatic rings. The smallest absolute Gasteiger partial charge is 0.813 e. The van der Waals surface area contributed by atoms with Gasteiger partial charge in [-0.25, -0.2) is 0 Å². The zero-order valence-electron chi connectivity index (χ0n) is 2.03. The van der Waals surface area contributed by atoms with Crippen LogP contribution in [0.5, 0.6) is 0 Å². The monoisotopic (exact) mass is 465 g/mol. The van der Waals surface area contributed by atoms with Crippen LogP contribution in [0.3, 0.4) is 0 Å². The van der Waals surface area contributed by atoms with E-state index in [4.69, 9.17) is 0 Å². The molecule has 0 saturated heterocycles. The molecular formula is HI3SV-. The van der Waals surface area contributed by atoms with Gasteiger partial charge in [0.2, 0.25) is 0 Å². The molecule has 5 heteroatoms. The van der Waals surface area contributed by atoms with Crippen LogP contribution in [-0.4, -0.2) is 0 Å². The number of hydrogen-bond donors (Lipinski definition) is 0. The average Bonchev–Trinajstić information content (AvgIpc) is 0.811. The molecule has 0 aliphatic carbocycles. The van der Waals surface area contributed by atoms with Crippen molar-refractivity contribution < 1.29 is 4.92 Å². The van der Waals surface area contributed by atoms with E-state index in [1.54, 1.807) is 0 Å². The Kier molecular flexibility index (Phi) is 15.7. The fourth-order valence-corrected chi connectivity index (χ4v) is 0. The zero-order valence-corrected chi connectivity index (χ0v) is 10.8. The molecule has 0 heterocycles. The Morgan fingerprint density at radius 1 is 1.00 bits per heavy atom. The van der Waals surface area contributed by atoms with Gasteiger partial charge < -0.3 is 13.5 Å². The molecule has 0 aromatic rings. The Morgan fingerprint density at radius 3 is 1.00 bits per heavy atom. The van der Waals surface area contributed by atoms with Crippen molar-refractivity contribution in [2.75, 3.05) is 0 Å². The molecule has 0 fully saturated rings. The van der Waals surface area contributed by atoms with E-state index < -0.39 is 0 Å². The first-order valence-corrected chi connectivity index (χ1v) is 14.0. The van der Waals surface area contributed by atoms with Crippen LogP contribution in [0.25, 0.3) is 0 Å². The summed E-state index contributed by atoms with van der Waals surface area (Å²) in [6.07, 6.45) is 0. The summed E-state index contributed by atoms with van der Waals surface area (Å²) in [4.78, 5) is -0.278. The largest absolute Gasteiger partial charge is 0.813 e. The third-order valence-corrected chi connectivity index (χ3v) is 0. The average molecular weight is 465 g/mol. The van der Waals surface area contributed by atoms with Crippen molar-refractivity contribution >= 4 is 73.4 Å². The Bertz CT molecular complexity index is 11.6. The van der Waals surface area contributed by atoms with E-state index in [2.05, 4.69) is 59.9 Å². The van der Waals surface area contributed by atoms with Gasteiger partial charge in [0.05, 0.1) is 0 Å². The Balaban J connectivity index is 0. The van der Waals surface area contributed by atoms with Crippen LogP contribution in [0, 0.1) is 0 Å². The van der Waals surface area contributed by atoms with Gasteiger partial charge in [-0.15, -0.1) is 0 Å². The minimum Gasteiger partial charge on any atom is -0.813 e. The Hall–Kier alpha value is 3.12. The molecule has 0 rings (SSSR count). The Morgan fingerprint density at radius 2 is 1.00 bits per heavy atom. The van der Waals surface area contributed by atoms with Crippen LogP contribution in [-0.2, 0) is 18.4 Å². The summed E-state index contributed by atoms with van der Waals surface area (Å²) in [6, 6.07) is 0. The van der Waals surface area contributed by atoms with Gasteiger partial charge in [0.25, 0.3) is 0 Å². The van der Waals surface area contributed by atoms with Crippen molar-refractivity contribution in [1.29, 1.82) is 0 Å². The molecule has 0 atom stereocenters. The molecule has 0 spiro atoms. The summed E-state index contributed by atoms with van der Waals surface area (Å²) in [7, 11) is 0. The summed E-state index contributed by atoms with van der Waals surface area (Å²) in [5.74, 6) is 0. The van der Waals surface area contributed by atoms with Crippen LogP contribution in [0.15, 0.2) is 0 Å². The van der Waals surface area contributed by atoms with Crippen LogP contribution in [0.4, 0.5) is 0 Å². The second-order valence-electron chi connectivity index (χ2n) is 0.192. The topological polar surface area (TPSA) is 0 Å². The molecule has 0 bridgehead atoms. The molecule has 0 aromatic carbocycles. The molecule has 0 amide bonds. The van der Waals surface area contributed by atoms with Gasteiger partial charge in [-0.1, -0.05) is 0 Å². The maximum atomic E-state index is 2.46. The second-order valence-corrected chi connectivity index (χ2v) is 35.6. The predicted molar refractivity (Wildman–Crippen MR) is 50.8 cm³/mol. The zero-order chi connectivity index (χ0) is 3.58. The van der Waals surface area contributed by atoms with Gasteiger partial charge >= 0.3 is 64.9 Å². The van der Waals surface area contributed by atoms with Crippen molar-refractivity contribution in [1.82, 2.24) is 0 Å². The molecule has 0 radical (unpaired) electrons. The van der Waals surface area contributed by atoms with Crippen LogP contribution < -0.4 is 0 Å². The summed E-state index contributed by atoms with van der Waals surface area (Å²) < 4.78 is 0. The third-order valence-electron chi connectivity index (χ3n) is 0. The third kappa shape index (κ3) is 19.2. The molecule has 0 aliphatic heterocycles. The van der Waals surface area contributed by atoms with Crippen molar-refractivity contribution in [3.05, 3.63) is 0 Å². The van der Waals surface area contributed by atoms with Crippen molar-refractivity contribution in [3.8, 4) is 0 Å². The SMILES string of the molecule is [I][V]([I])[I].[SH-]. The van der Waals surface area contributed by atoms with Crippen LogP contribution in [0.1, 0.15) is 0 Å². The minimum atomic E-state index is -0.278. The van der Waals surface area contributed by atoms with Crippen LogP contribution in [0.2, 0.25) is 0 Å². The van der Waals surface area contributed by atoms with Gasteiger partial charge in [0, 0.05) is 0 Å². The van der Waals surface area contributed by atoms with Gasteiger partial charge in [0.15, 0.2) is 0 Å². The predicted octanol–water partition coefficient (Wildman–Crippen LogP) is 2.38. The molecule has 34 valence electrons. The van der Waals surface area contributed by atoms with E-state index in [1.165, 1.54) is 0 Å². The number of thiol groups is 1. The quantitative estimate of drug-likeness (QED) is 0.301. The number of halogens is 3. The van der Waals surface area contributed by atoms with Gasteiger partial charge in [-0.2, -0.15) is 0 Å². The van der Waals surface area contributed by atoms with Gasteiger partial charge in [0.1, 0.15) is 0 Å². The molecule has 0 unspecified atom stereocenters. The maximum Gasteiger partial charge on any atom is -0.813 e. The molecule has 5 heavy (non-hydrogen) atoms. The maximum absolute atomic E-state index is 2.46. The van der Waals surface area contributed by atoms with E-state index in [9.17, 15) is 0 Å². The van der Waals surface area contributed by atoms with E-state index >= 15 is 0 Å². The molecule has 0 nitrogen and oxygen atoms in total. The van der Waals surface area contributed by atoms with Gasteiger partial charge in [-0.05, 0) is 0 Å². The van der Waals surface area contributed by atoms with E-state index in [1.807, 2.05) is 0 Å². The van der Waals surface area contributed by atoms with Crippen molar-refractivity contribution in [2.45, 2.75) is 0 Å². The first-order valence-electron chi connectivity index (χ1n) is 0.507. The van der Waals surface area contributed by atoms with Crippen molar-refractivity contribution in [3.63, 3.8) is 0 Å². The summed E-state index contributed by atoms with van der Waals surface area (Å²) in [6.45, 7) is 0. The van der Waals surface area contributed by atoms with Crippen LogP contribution >= 0.6 is 59.9 Å². The van der Waals surface area contributed by atoms with E-state index in [0.29, 0.717) is 0 Å². The minimum absolute atomic E-state index is 0. The number of rotatable bonds is 0. The molecular weight excluding hydrogens is 464 g/mol.